The molecule has 1 saturated heterocycles. The molecule has 1 fully saturated rings. The first-order valence-corrected chi connectivity index (χ1v) is 6.90. The van der Waals surface area contributed by atoms with E-state index in [0.29, 0.717) is 22.9 Å². The number of aromatic nitrogens is 3. The van der Waals surface area contributed by atoms with Crippen LogP contribution in [0.1, 0.15) is 35.4 Å². The highest BCUT2D eigenvalue weighted by Crippen LogP contribution is 2.18. The van der Waals surface area contributed by atoms with Crippen molar-refractivity contribution < 1.29 is 9.53 Å². The summed E-state index contributed by atoms with van der Waals surface area (Å²) in [6.07, 6.45) is 3.33. The maximum absolute atomic E-state index is 12.7. The number of hydrogen-bond acceptors (Lipinski definition) is 4. The van der Waals surface area contributed by atoms with E-state index in [2.05, 4.69) is 10.1 Å². The van der Waals surface area contributed by atoms with Gasteiger partial charge < -0.3 is 9.64 Å². The number of amides is 1. The molecular weight excluding hydrogens is 256 g/mol. The lowest BCUT2D eigenvalue weighted by Gasteiger charge is -2.26. The molecule has 3 rings (SSSR count). The van der Waals surface area contributed by atoms with Crippen molar-refractivity contribution in [2.75, 3.05) is 20.2 Å². The van der Waals surface area contributed by atoms with Gasteiger partial charge in [-0.1, -0.05) is 0 Å². The second kappa shape index (κ2) is 5.11. The molecule has 1 aliphatic heterocycles. The Kier molecular flexibility index (Phi) is 3.30. The largest absolute Gasteiger partial charge is 0.480 e. The lowest BCUT2D eigenvalue weighted by atomic mass is 10.1. The van der Waals surface area contributed by atoms with Gasteiger partial charge in [-0.3, -0.25) is 4.79 Å². The number of ether oxygens (including phenoxy) is 1. The number of nitrogens with zero attached hydrogens (tertiary/aromatic N) is 4. The molecule has 0 aliphatic carbocycles. The third kappa shape index (κ3) is 2.11. The van der Waals surface area contributed by atoms with Crippen molar-refractivity contribution in [1.82, 2.24) is 19.5 Å². The molecule has 0 N–H and O–H groups in total. The lowest BCUT2D eigenvalue weighted by Crippen LogP contribution is -2.36. The van der Waals surface area contributed by atoms with Gasteiger partial charge in [-0.25, -0.2) is 9.50 Å². The number of rotatable bonds is 2. The Morgan fingerprint density at radius 3 is 2.70 bits per heavy atom. The fourth-order valence-electron chi connectivity index (χ4n) is 2.63. The Morgan fingerprint density at radius 1 is 1.25 bits per heavy atom. The van der Waals surface area contributed by atoms with Crippen molar-refractivity contribution in [3.05, 3.63) is 23.5 Å². The summed E-state index contributed by atoms with van der Waals surface area (Å²) >= 11 is 0. The van der Waals surface area contributed by atoms with Gasteiger partial charge in [0.2, 0.25) is 5.88 Å². The summed E-state index contributed by atoms with van der Waals surface area (Å²) in [6, 6.07) is 3.56. The molecule has 6 heteroatoms. The van der Waals surface area contributed by atoms with Gasteiger partial charge in [-0.15, -0.1) is 5.10 Å². The van der Waals surface area contributed by atoms with Crippen molar-refractivity contribution in [3.63, 3.8) is 0 Å². The van der Waals surface area contributed by atoms with E-state index in [1.54, 1.807) is 17.7 Å². The molecule has 0 radical (unpaired) electrons. The summed E-state index contributed by atoms with van der Waals surface area (Å²) < 4.78 is 6.72. The van der Waals surface area contributed by atoms with Crippen molar-refractivity contribution in [1.29, 1.82) is 0 Å². The maximum atomic E-state index is 12.7. The van der Waals surface area contributed by atoms with Crippen LogP contribution in [0.25, 0.3) is 5.65 Å². The van der Waals surface area contributed by atoms with E-state index in [-0.39, 0.29) is 5.91 Å². The number of carbonyl (C=O) groups excluding carboxylic acids is 1. The molecule has 2 aromatic heterocycles. The summed E-state index contributed by atoms with van der Waals surface area (Å²) in [4.78, 5) is 19.0. The van der Waals surface area contributed by atoms with Gasteiger partial charge in [0.15, 0.2) is 11.3 Å². The Morgan fingerprint density at radius 2 is 2.00 bits per heavy atom. The minimum Gasteiger partial charge on any atom is -0.480 e. The number of carbonyl (C=O) groups is 1. The first-order chi connectivity index (χ1) is 9.70. The van der Waals surface area contributed by atoms with E-state index in [0.717, 1.165) is 25.9 Å². The van der Waals surface area contributed by atoms with Gasteiger partial charge in [0.25, 0.3) is 5.91 Å². The second-order valence-corrected chi connectivity index (χ2v) is 5.04. The number of likely N-dealkylation sites (tertiary alicyclic amines) is 1. The Balaban J connectivity index is 2.04. The van der Waals surface area contributed by atoms with Gasteiger partial charge in [-0.05, 0) is 32.3 Å². The third-order valence-electron chi connectivity index (χ3n) is 3.68. The molecule has 0 atom stereocenters. The van der Waals surface area contributed by atoms with E-state index in [4.69, 9.17) is 4.74 Å². The minimum atomic E-state index is 0.00968. The highest BCUT2D eigenvalue weighted by atomic mass is 16.5. The quantitative estimate of drug-likeness (QED) is 0.836. The van der Waals surface area contributed by atoms with Gasteiger partial charge in [0, 0.05) is 19.2 Å². The predicted octanol–water partition coefficient (Wildman–Crippen LogP) is 1.67. The molecular formula is C14H18N4O2. The van der Waals surface area contributed by atoms with Crippen molar-refractivity contribution in [2.24, 2.45) is 0 Å². The molecule has 1 amide bonds. The first kappa shape index (κ1) is 12.9. The Labute approximate surface area is 117 Å². The Hall–Kier alpha value is -2.11. The number of piperidine rings is 1. The smallest absolute Gasteiger partial charge is 0.274 e. The summed E-state index contributed by atoms with van der Waals surface area (Å²) in [7, 11) is 1.56. The summed E-state index contributed by atoms with van der Waals surface area (Å²) in [6.45, 7) is 3.48. The number of imidazole rings is 1. The number of fused-ring (bicyclic) bond motifs is 1. The van der Waals surface area contributed by atoms with Gasteiger partial charge in [0.05, 0.1) is 12.8 Å². The molecule has 0 spiro atoms. The van der Waals surface area contributed by atoms with E-state index < -0.39 is 0 Å². The van der Waals surface area contributed by atoms with Crippen LogP contribution in [-0.2, 0) is 0 Å². The van der Waals surface area contributed by atoms with Crippen molar-refractivity contribution in [3.8, 4) is 5.88 Å². The highest BCUT2D eigenvalue weighted by Gasteiger charge is 2.24. The number of aryl methyl sites for hydroxylation is 1. The van der Waals surface area contributed by atoms with E-state index in [1.165, 1.54) is 6.42 Å². The fourth-order valence-corrected chi connectivity index (χ4v) is 2.63. The molecule has 0 saturated carbocycles. The zero-order valence-electron chi connectivity index (χ0n) is 11.8. The van der Waals surface area contributed by atoms with Crippen LogP contribution in [-0.4, -0.2) is 45.6 Å². The summed E-state index contributed by atoms with van der Waals surface area (Å²) in [5, 5.41) is 4.31. The van der Waals surface area contributed by atoms with Crippen LogP contribution < -0.4 is 4.74 Å². The molecule has 0 bridgehead atoms. The molecule has 1 aliphatic rings. The SMILES string of the molecule is COc1ccc2nc(C)c(C(=O)N3CCCCC3)n2n1. The van der Waals surface area contributed by atoms with Crippen LogP contribution in [0.5, 0.6) is 5.88 Å². The highest BCUT2D eigenvalue weighted by molar-refractivity contribution is 5.94. The minimum absolute atomic E-state index is 0.00968. The second-order valence-electron chi connectivity index (χ2n) is 5.04. The maximum Gasteiger partial charge on any atom is 0.274 e. The third-order valence-corrected chi connectivity index (χ3v) is 3.68. The van der Waals surface area contributed by atoms with Gasteiger partial charge >= 0.3 is 0 Å². The van der Waals surface area contributed by atoms with E-state index in [9.17, 15) is 4.79 Å². The molecule has 3 heterocycles. The lowest BCUT2D eigenvalue weighted by molar-refractivity contribution is 0.0715. The van der Waals surface area contributed by atoms with Gasteiger partial charge in [0.1, 0.15) is 0 Å². The monoisotopic (exact) mass is 274 g/mol. The number of methoxy groups -OCH3 is 1. The predicted molar refractivity (Wildman–Crippen MR) is 74.0 cm³/mol. The topological polar surface area (TPSA) is 59.7 Å². The fraction of sp³-hybridized carbons (Fsp3) is 0.500. The van der Waals surface area contributed by atoms with Crippen LogP contribution in [0, 0.1) is 6.92 Å². The summed E-state index contributed by atoms with van der Waals surface area (Å²) in [5.74, 6) is 0.484. The molecule has 20 heavy (non-hydrogen) atoms. The van der Waals surface area contributed by atoms with Crippen molar-refractivity contribution in [2.45, 2.75) is 26.2 Å². The van der Waals surface area contributed by atoms with Crippen molar-refractivity contribution >= 4 is 11.6 Å². The van der Waals surface area contributed by atoms with Gasteiger partial charge in [-0.2, -0.15) is 0 Å². The van der Waals surface area contributed by atoms with Crippen LogP contribution in [0.4, 0.5) is 0 Å². The first-order valence-electron chi connectivity index (χ1n) is 6.90. The zero-order chi connectivity index (χ0) is 14.1. The normalized spacial score (nSPS) is 15.6. The summed E-state index contributed by atoms with van der Waals surface area (Å²) in [5.41, 5.74) is 1.92. The Bertz CT molecular complexity index is 644. The molecule has 6 nitrogen and oxygen atoms in total. The zero-order valence-corrected chi connectivity index (χ0v) is 11.8. The average Bonchev–Trinajstić information content (AvgIpc) is 2.82. The number of hydrogen-bond donors (Lipinski definition) is 0. The van der Waals surface area contributed by atoms with Crippen LogP contribution >= 0.6 is 0 Å². The van der Waals surface area contributed by atoms with E-state index in [1.807, 2.05) is 17.9 Å². The molecule has 2 aromatic rings. The van der Waals surface area contributed by atoms with E-state index >= 15 is 0 Å². The standard InChI is InChI=1S/C14H18N4O2/c1-10-13(14(19)17-8-4-3-5-9-17)18-11(15-10)6-7-12(16-18)20-2/h6-7H,3-5,8-9H2,1-2H3. The molecule has 106 valence electrons. The van der Waals surface area contributed by atoms with Crippen LogP contribution in [0.15, 0.2) is 12.1 Å². The van der Waals surface area contributed by atoms with Crippen LogP contribution in [0.3, 0.4) is 0 Å². The molecule has 0 unspecified atom stereocenters. The average molecular weight is 274 g/mol. The molecule has 0 aromatic carbocycles. The van der Waals surface area contributed by atoms with Crippen LogP contribution in [0.2, 0.25) is 0 Å².